The fourth-order valence-corrected chi connectivity index (χ4v) is 5.00. The third kappa shape index (κ3) is 4.44. The Balaban J connectivity index is 1.21. The molecule has 0 spiro atoms. The maximum absolute atomic E-state index is 6.34. The molecule has 0 amide bonds. The summed E-state index contributed by atoms with van der Waals surface area (Å²) in [4.78, 5) is 13.7. The van der Waals surface area contributed by atoms with Gasteiger partial charge in [0, 0.05) is 32.4 Å². The number of benzene rings is 1. The van der Waals surface area contributed by atoms with Gasteiger partial charge in [-0.15, -0.1) is 0 Å². The van der Waals surface area contributed by atoms with Crippen LogP contribution in [0.15, 0.2) is 53.7 Å². The molecule has 2 aromatic rings. The van der Waals surface area contributed by atoms with Crippen molar-refractivity contribution >= 4 is 17.5 Å². The molecule has 32 heavy (non-hydrogen) atoms. The summed E-state index contributed by atoms with van der Waals surface area (Å²) in [6.07, 6.45) is 6.47. The lowest BCUT2D eigenvalue weighted by Gasteiger charge is -2.38. The summed E-state index contributed by atoms with van der Waals surface area (Å²) in [6, 6.07) is 15.2. The van der Waals surface area contributed by atoms with Gasteiger partial charge in [-0.3, -0.25) is 16.1 Å². The van der Waals surface area contributed by atoms with Crippen molar-refractivity contribution in [1.29, 1.82) is 0 Å². The topological polar surface area (TPSA) is 82.2 Å². The minimum Gasteiger partial charge on any atom is -0.379 e. The highest BCUT2D eigenvalue weighted by Gasteiger charge is 2.32. The SMILES string of the molecule is CN1C(=Nc2ccc(C3CCC(N4CCOCC4)CC3)cc2)NN(c2ccccn2)C1N. The van der Waals surface area contributed by atoms with Gasteiger partial charge in [-0.25, -0.2) is 15.0 Å². The summed E-state index contributed by atoms with van der Waals surface area (Å²) in [5.74, 6) is 2.12. The van der Waals surface area contributed by atoms with Crippen LogP contribution >= 0.6 is 0 Å². The molecule has 1 atom stereocenters. The highest BCUT2D eigenvalue weighted by molar-refractivity contribution is 5.86. The van der Waals surface area contributed by atoms with Gasteiger partial charge < -0.3 is 9.64 Å². The third-order valence-corrected chi connectivity index (χ3v) is 6.97. The number of aliphatic imine (C=N–C) groups is 1. The minimum absolute atomic E-state index is 0.371. The number of hydrazine groups is 1. The van der Waals surface area contributed by atoms with Gasteiger partial charge in [-0.2, -0.15) is 0 Å². The van der Waals surface area contributed by atoms with Gasteiger partial charge in [0.1, 0.15) is 5.82 Å². The van der Waals surface area contributed by atoms with E-state index in [2.05, 4.69) is 39.6 Å². The Bertz CT molecular complexity index is 906. The molecule has 1 aliphatic carbocycles. The number of hydrogen-bond donors (Lipinski definition) is 2. The second-order valence-electron chi connectivity index (χ2n) is 8.87. The Labute approximate surface area is 190 Å². The highest BCUT2D eigenvalue weighted by atomic mass is 16.5. The van der Waals surface area contributed by atoms with Crippen LogP contribution in [0.4, 0.5) is 11.5 Å². The molecule has 0 radical (unpaired) electrons. The molecule has 170 valence electrons. The number of morpholine rings is 1. The molecule has 2 saturated heterocycles. The summed E-state index contributed by atoms with van der Waals surface area (Å²) in [7, 11) is 1.93. The number of nitrogens with one attached hydrogen (secondary N) is 1. The Kier molecular flexibility index (Phi) is 6.25. The third-order valence-electron chi connectivity index (χ3n) is 6.97. The number of hydrogen-bond acceptors (Lipinski definition) is 6. The first kappa shape index (κ1) is 21.2. The molecule has 0 bridgehead atoms. The number of nitrogens with two attached hydrogens (primary N) is 1. The van der Waals surface area contributed by atoms with Crippen LogP contribution in [0.5, 0.6) is 0 Å². The number of guanidine groups is 1. The summed E-state index contributed by atoms with van der Waals surface area (Å²) < 4.78 is 5.51. The second-order valence-corrected chi connectivity index (χ2v) is 8.87. The van der Waals surface area contributed by atoms with Gasteiger partial charge >= 0.3 is 0 Å². The van der Waals surface area contributed by atoms with E-state index < -0.39 is 0 Å². The second kappa shape index (κ2) is 9.44. The number of ether oxygens (including phenoxy) is 1. The Morgan fingerprint density at radius 2 is 1.78 bits per heavy atom. The smallest absolute Gasteiger partial charge is 0.221 e. The average molecular weight is 436 g/mol. The zero-order valence-corrected chi connectivity index (χ0v) is 18.7. The quantitative estimate of drug-likeness (QED) is 0.764. The molecular formula is C24H33N7O. The fraction of sp³-hybridized carbons (Fsp3) is 0.500. The molecule has 5 rings (SSSR count). The first-order valence-electron chi connectivity index (χ1n) is 11.6. The molecular weight excluding hydrogens is 402 g/mol. The van der Waals surface area contributed by atoms with Gasteiger partial charge in [-0.1, -0.05) is 18.2 Å². The zero-order chi connectivity index (χ0) is 21.9. The molecule has 3 N–H and O–H groups in total. The molecule has 8 heteroatoms. The van der Waals surface area contributed by atoms with Crippen LogP contribution < -0.4 is 16.2 Å². The van der Waals surface area contributed by atoms with Gasteiger partial charge in [0.25, 0.3) is 0 Å². The largest absolute Gasteiger partial charge is 0.379 e. The van der Waals surface area contributed by atoms with E-state index in [1.54, 1.807) is 6.20 Å². The van der Waals surface area contributed by atoms with Crippen LogP contribution in [0.25, 0.3) is 0 Å². The summed E-state index contributed by atoms with van der Waals surface area (Å²) in [6.45, 7) is 3.96. The number of pyridine rings is 1. The van der Waals surface area contributed by atoms with E-state index in [-0.39, 0.29) is 6.29 Å². The van der Waals surface area contributed by atoms with E-state index in [0.717, 1.165) is 43.9 Å². The maximum atomic E-state index is 6.34. The molecule has 3 fully saturated rings. The Morgan fingerprint density at radius 3 is 2.47 bits per heavy atom. The average Bonchev–Trinajstić information content (AvgIpc) is 3.14. The molecule has 1 saturated carbocycles. The molecule has 8 nitrogen and oxygen atoms in total. The van der Waals surface area contributed by atoms with Gasteiger partial charge in [0.05, 0.1) is 18.9 Å². The molecule has 3 aliphatic rings. The van der Waals surface area contributed by atoms with Crippen molar-refractivity contribution < 1.29 is 4.74 Å². The lowest BCUT2D eigenvalue weighted by molar-refractivity contribution is 0.00730. The van der Waals surface area contributed by atoms with Crippen LogP contribution in [-0.4, -0.2) is 66.4 Å². The predicted molar refractivity (Wildman–Crippen MR) is 127 cm³/mol. The molecule has 3 heterocycles. The normalized spacial score (nSPS) is 28.2. The van der Waals surface area contributed by atoms with E-state index in [0.29, 0.717) is 11.9 Å². The van der Waals surface area contributed by atoms with Crippen LogP contribution in [0.1, 0.15) is 37.2 Å². The zero-order valence-electron chi connectivity index (χ0n) is 18.7. The fourth-order valence-electron chi connectivity index (χ4n) is 5.00. The Morgan fingerprint density at radius 1 is 1.03 bits per heavy atom. The molecule has 1 aromatic heterocycles. The van der Waals surface area contributed by atoms with Crippen LogP contribution in [-0.2, 0) is 4.74 Å². The summed E-state index contributed by atoms with van der Waals surface area (Å²) in [5.41, 5.74) is 12.0. The van der Waals surface area contributed by atoms with Crippen LogP contribution in [0, 0.1) is 0 Å². The number of rotatable bonds is 4. The number of nitrogens with zero attached hydrogens (tertiary/aromatic N) is 5. The van der Waals surface area contributed by atoms with Crippen LogP contribution in [0.3, 0.4) is 0 Å². The number of aromatic nitrogens is 1. The van der Waals surface area contributed by atoms with E-state index in [4.69, 9.17) is 15.5 Å². The first-order chi connectivity index (χ1) is 15.7. The van der Waals surface area contributed by atoms with Gasteiger partial charge in [0.15, 0.2) is 6.29 Å². The minimum atomic E-state index is -0.371. The predicted octanol–water partition coefficient (Wildman–Crippen LogP) is 2.63. The summed E-state index contributed by atoms with van der Waals surface area (Å²) in [5, 5.41) is 1.82. The lowest BCUT2D eigenvalue weighted by Crippen LogP contribution is -2.47. The Hall–Kier alpha value is -2.68. The van der Waals surface area contributed by atoms with E-state index in [1.807, 2.05) is 35.2 Å². The number of anilines is 1. The highest BCUT2D eigenvalue weighted by Crippen LogP contribution is 2.35. The van der Waals surface area contributed by atoms with Crippen molar-refractivity contribution in [2.24, 2.45) is 10.7 Å². The standard InChI is InChI=1S/C24H33N7O/c1-29-23(25)31(22-4-2-3-13-26-22)28-24(29)27-20-9-5-18(6-10-20)19-7-11-21(12-8-19)30-14-16-32-17-15-30/h2-6,9-10,13,19,21,23H,7-8,11-12,14-17,25H2,1H3,(H,27,28). The van der Waals surface area contributed by atoms with Crippen molar-refractivity contribution in [1.82, 2.24) is 20.2 Å². The van der Waals surface area contributed by atoms with Crippen molar-refractivity contribution in [3.63, 3.8) is 0 Å². The summed E-state index contributed by atoms with van der Waals surface area (Å²) >= 11 is 0. The van der Waals surface area contributed by atoms with Crippen LogP contribution in [0.2, 0.25) is 0 Å². The first-order valence-corrected chi connectivity index (χ1v) is 11.6. The molecule has 1 aromatic carbocycles. The molecule has 1 unspecified atom stereocenters. The van der Waals surface area contributed by atoms with Crippen molar-refractivity contribution in [2.75, 3.05) is 38.4 Å². The van der Waals surface area contributed by atoms with Crippen molar-refractivity contribution in [3.8, 4) is 0 Å². The van der Waals surface area contributed by atoms with Gasteiger partial charge in [0.2, 0.25) is 5.96 Å². The van der Waals surface area contributed by atoms with Crippen molar-refractivity contribution in [3.05, 3.63) is 54.2 Å². The maximum Gasteiger partial charge on any atom is 0.221 e. The monoisotopic (exact) mass is 435 g/mol. The van der Waals surface area contributed by atoms with Gasteiger partial charge in [-0.05, 0) is 61.4 Å². The van der Waals surface area contributed by atoms with E-state index in [1.165, 1.54) is 31.2 Å². The van der Waals surface area contributed by atoms with Crippen molar-refractivity contribution in [2.45, 2.75) is 43.9 Å². The lowest BCUT2D eigenvalue weighted by atomic mass is 9.81. The van der Waals surface area contributed by atoms with E-state index in [9.17, 15) is 0 Å². The molecule has 2 aliphatic heterocycles. The van der Waals surface area contributed by atoms with E-state index >= 15 is 0 Å².